The van der Waals surface area contributed by atoms with Gasteiger partial charge in [-0.3, -0.25) is 4.79 Å². The predicted molar refractivity (Wildman–Crippen MR) is 60.1 cm³/mol. The highest BCUT2D eigenvalue weighted by molar-refractivity contribution is 5.69. The zero-order valence-corrected chi connectivity index (χ0v) is 10.2. The smallest absolute Gasteiger partial charge is 0.305 e. The number of hydrogen-bond acceptors (Lipinski definition) is 4. The lowest BCUT2D eigenvalue weighted by atomic mass is 9.80. The van der Waals surface area contributed by atoms with Crippen LogP contribution in [-0.4, -0.2) is 36.5 Å². The number of carbonyl (C=O) groups excluding carboxylic acids is 1. The maximum absolute atomic E-state index is 11.2. The lowest BCUT2D eigenvalue weighted by Gasteiger charge is -2.35. The third-order valence-corrected chi connectivity index (χ3v) is 3.30. The monoisotopic (exact) mass is 230 g/mol. The number of hydrogen-bond donors (Lipinski definition) is 1. The van der Waals surface area contributed by atoms with Crippen LogP contribution in [0.4, 0.5) is 0 Å². The normalized spacial score (nSPS) is 30.1. The fourth-order valence-electron chi connectivity index (χ4n) is 2.18. The predicted octanol–water partition coefficient (Wildman–Crippen LogP) is 1.65. The number of carbonyl (C=O) groups is 1. The highest BCUT2D eigenvalue weighted by Gasteiger charge is 2.33. The van der Waals surface area contributed by atoms with E-state index >= 15 is 0 Å². The highest BCUT2D eigenvalue weighted by Crippen LogP contribution is 2.33. The standard InChI is InChI=1S/C12H22O4/c1-3-16-11(13)6-9-12(14)7-4-10(15-2)5-8-12/h10,14H,3-9H2,1-2H3. The Bertz CT molecular complexity index is 219. The van der Waals surface area contributed by atoms with E-state index in [1.165, 1.54) is 0 Å². The minimum atomic E-state index is -0.693. The summed E-state index contributed by atoms with van der Waals surface area (Å²) in [6, 6.07) is 0. The molecule has 0 saturated heterocycles. The summed E-state index contributed by atoms with van der Waals surface area (Å²) in [5, 5.41) is 10.2. The summed E-state index contributed by atoms with van der Waals surface area (Å²) in [4.78, 5) is 11.2. The highest BCUT2D eigenvalue weighted by atomic mass is 16.5. The molecule has 1 aliphatic carbocycles. The van der Waals surface area contributed by atoms with Gasteiger partial charge < -0.3 is 14.6 Å². The number of aliphatic hydroxyl groups is 1. The third kappa shape index (κ3) is 4.10. The molecule has 0 aromatic rings. The van der Waals surface area contributed by atoms with Gasteiger partial charge >= 0.3 is 5.97 Å². The summed E-state index contributed by atoms with van der Waals surface area (Å²) >= 11 is 0. The van der Waals surface area contributed by atoms with Crippen LogP contribution in [0.25, 0.3) is 0 Å². The van der Waals surface area contributed by atoms with E-state index < -0.39 is 5.60 Å². The van der Waals surface area contributed by atoms with Crippen molar-refractivity contribution in [3.8, 4) is 0 Å². The maximum atomic E-state index is 11.2. The molecular formula is C12H22O4. The van der Waals surface area contributed by atoms with Crippen molar-refractivity contribution in [3.63, 3.8) is 0 Å². The molecular weight excluding hydrogens is 208 g/mol. The summed E-state index contributed by atoms with van der Waals surface area (Å²) < 4.78 is 10.1. The second-order valence-electron chi connectivity index (χ2n) is 4.46. The third-order valence-electron chi connectivity index (χ3n) is 3.30. The van der Waals surface area contributed by atoms with Crippen LogP contribution in [0.15, 0.2) is 0 Å². The van der Waals surface area contributed by atoms with Crippen LogP contribution < -0.4 is 0 Å². The van der Waals surface area contributed by atoms with E-state index in [4.69, 9.17) is 9.47 Å². The van der Waals surface area contributed by atoms with Gasteiger partial charge in [-0.2, -0.15) is 0 Å². The first kappa shape index (κ1) is 13.5. The summed E-state index contributed by atoms with van der Waals surface area (Å²) in [5.74, 6) is -0.218. The van der Waals surface area contributed by atoms with Crippen molar-refractivity contribution >= 4 is 5.97 Å². The molecule has 1 fully saturated rings. The summed E-state index contributed by atoms with van der Waals surface area (Å²) in [6.45, 7) is 2.19. The zero-order chi connectivity index (χ0) is 12.0. The number of rotatable bonds is 5. The first-order valence-corrected chi connectivity index (χ1v) is 6.00. The molecule has 0 atom stereocenters. The van der Waals surface area contributed by atoms with Crippen LogP contribution >= 0.6 is 0 Å². The van der Waals surface area contributed by atoms with Crippen LogP contribution in [0.5, 0.6) is 0 Å². The van der Waals surface area contributed by atoms with E-state index in [9.17, 15) is 9.90 Å². The molecule has 94 valence electrons. The van der Waals surface area contributed by atoms with Crippen LogP contribution in [0, 0.1) is 0 Å². The Morgan fingerprint density at radius 1 is 1.44 bits per heavy atom. The van der Waals surface area contributed by atoms with Crippen molar-refractivity contribution in [2.45, 2.75) is 57.2 Å². The molecule has 1 saturated carbocycles. The van der Waals surface area contributed by atoms with Crippen molar-refractivity contribution in [2.24, 2.45) is 0 Å². The van der Waals surface area contributed by atoms with Gasteiger partial charge in [0.15, 0.2) is 0 Å². The largest absolute Gasteiger partial charge is 0.466 e. The van der Waals surface area contributed by atoms with E-state index in [2.05, 4.69) is 0 Å². The molecule has 1 rings (SSSR count). The van der Waals surface area contributed by atoms with Crippen molar-refractivity contribution in [3.05, 3.63) is 0 Å². The van der Waals surface area contributed by atoms with Gasteiger partial charge in [-0.1, -0.05) is 0 Å². The molecule has 0 heterocycles. The van der Waals surface area contributed by atoms with Crippen LogP contribution in [0.1, 0.15) is 45.4 Å². The molecule has 0 amide bonds. The lowest BCUT2D eigenvalue weighted by Crippen LogP contribution is -2.36. The quantitative estimate of drug-likeness (QED) is 0.730. The molecule has 4 heteroatoms. The van der Waals surface area contributed by atoms with E-state index in [1.807, 2.05) is 0 Å². The van der Waals surface area contributed by atoms with Gasteiger partial charge in [-0.25, -0.2) is 0 Å². The van der Waals surface area contributed by atoms with Crippen LogP contribution in [0.2, 0.25) is 0 Å². The minimum Gasteiger partial charge on any atom is -0.466 e. The van der Waals surface area contributed by atoms with Crippen molar-refractivity contribution in [1.29, 1.82) is 0 Å². The first-order valence-electron chi connectivity index (χ1n) is 6.00. The summed E-state index contributed by atoms with van der Waals surface area (Å²) in [7, 11) is 1.70. The molecule has 0 aliphatic heterocycles. The van der Waals surface area contributed by atoms with Gasteiger partial charge in [0.1, 0.15) is 0 Å². The van der Waals surface area contributed by atoms with Crippen LogP contribution in [0.3, 0.4) is 0 Å². The number of ether oxygens (including phenoxy) is 2. The first-order chi connectivity index (χ1) is 7.59. The molecule has 0 unspecified atom stereocenters. The van der Waals surface area contributed by atoms with Crippen molar-refractivity contribution < 1.29 is 19.4 Å². The van der Waals surface area contributed by atoms with E-state index in [0.717, 1.165) is 12.8 Å². The second kappa shape index (κ2) is 6.21. The molecule has 0 spiro atoms. The van der Waals surface area contributed by atoms with Crippen molar-refractivity contribution in [1.82, 2.24) is 0 Å². The molecule has 0 bridgehead atoms. The van der Waals surface area contributed by atoms with E-state index in [-0.39, 0.29) is 12.1 Å². The Labute approximate surface area is 96.9 Å². The average Bonchev–Trinajstić information content (AvgIpc) is 2.28. The summed E-state index contributed by atoms with van der Waals surface area (Å²) in [5.41, 5.74) is -0.693. The SMILES string of the molecule is CCOC(=O)CCC1(O)CCC(OC)CC1. The molecule has 1 N–H and O–H groups in total. The van der Waals surface area contributed by atoms with Gasteiger partial charge in [0.05, 0.1) is 18.3 Å². The van der Waals surface area contributed by atoms with E-state index in [1.54, 1.807) is 14.0 Å². The van der Waals surface area contributed by atoms with Gasteiger partial charge in [0, 0.05) is 13.5 Å². The molecule has 0 aromatic heterocycles. The van der Waals surface area contributed by atoms with Crippen LogP contribution in [-0.2, 0) is 14.3 Å². The van der Waals surface area contributed by atoms with E-state index in [0.29, 0.717) is 32.3 Å². The van der Waals surface area contributed by atoms with Gasteiger partial charge in [0.2, 0.25) is 0 Å². The Kier molecular flexibility index (Phi) is 5.22. The fourth-order valence-corrected chi connectivity index (χ4v) is 2.18. The van der Waals surface area contributed by atoms with Gasteiger partial charge in [0.25, 0.3) is 0 Å². The Morgan fingerprint density at radius 2 is 2.06 bits per heavy atom. The Balaban J connectivity index is 2.28. The molecule has 0 radical (unpaired) electrons. The fraction of sp³-hybridized carbons (Fsp3) is 0.917. The average molecular weight is 230 g/mol. The topological polar surface area (TPSA) is 55.8 Å². The lowest BCUT2D eigenvalue weighted by molar-refractivity contribution is -0.145. The van der Waals surface area contributed by atoms with Gasteiger partial charge in [-0.15, -0.1) is 0 Å². The summed E-state index contributed by atoms with van der Waals surface area (Å²) in [6.07, 6.45) is 4.24. The zero-order valence-electron chi connectivity index (χ0n) is 10.2. The molecule has 0 aromatic carbocycles. The second-order valence-corrected chi connectivity index (χ2v) is 4.46. The molecule has 4 nitrogen and oxygen atoms in total. The molecule has 1 aliphatic rings. The maximum Gasteiger partial charge on any atom is 0.305 e. The molecule has 16 heavy (non-hydrogen) atoms. The van der Waals surface area contributed by atoms with Gasteiger partial charge in [-0.05, 0) is 39.0 Å². The number of esters is 1. The Hall–Kier alpha value is -0.610. The van der Waals surface area contributed by atoms with Crippen molar-refractivity contribution in [2.75, 3.05) is 13.7 Å². The Morgan fingerprint density at radius 3 is 2.56 bits per heavy atom. The number of methoxy groups -OCH3 is 1. The minimum absolute atomic E-state index is 0.218.